The molecule has 0 saturated heterocycles. The van der Waals surface area contributed by atoms with E-state index < -0.39 is 0 Å². The fourth-order valence-electron chi connectivity index (χ4n) is 2.52. The number of fused-ring (bicyclic) bond motifs is 1. The lowest BCUT2D eigenvalue weighted by Crippen LogP contribution is -2.19. The Balaban J connectivity index is 2.38. The van der Waals surface area contributed by atoms with Gasteiger partial charge in [0.05, 0.1) is 0 Å². The summed E-state index contributed by atoms with van der Waals surface area (Å²) in [5.74, 6) is 0.896. The molecule has 0 bridgehead atoms. The summed E-state index contributed by atoms with van der Waals surface area (Å²) >= 11 is 0. The maximum Gasteiger partial charge on any atom is 0.0129 e. The van der Waals surface area contributed by atoms with Gasteiger partial charge < -0.3 is 5.73 Å². The van der Waals surface area contributed by atoms with E-state index in [1.165, 1.54) is 11.1 Å². The lowest BCUT2D eigenvalue weighted by atomic mass is 9.85. The molecule has 0 aromatic rings. The van der Waals surface area contributed by atoms with Crippen LogP contribution in [-0.4, -0.2) is 0 Å². The maximum atomic E-state index is 6.02. The Morgan fingerprint density at radius 3 is 3.00 bits per heavy atom. The summed E-state index contributed by atoms with van der Waals surface area (Å²) in [7, 11) is 0. The molecule has 0 amide bonds. The van der Waals surface area contributed by atoms with Gasteiger partial charge >= 0.3 is 0 Å². The quantitative estimate of drug-likeness (QED) is 0.726. The Kier molecular flexibility index (Phi) is 2.63. The summed E-state index contributed by atoms with van der Waals surface area (Å²) in [6.07, 6.45) is 13.6. The van der Waals surface area contributed by atoms with Gasteiger partial charge in [-0.15, -0.1) is 0 Å². The molecule has 0 radical (unpaired) electrons. The van der Waals surface area contributed by atoms with E-state index in [0.29, 0.717) is 11.8 Å². The third-order valence-electron chi connectivity index (χ3n) is 3.23. The van der Waals surface area contributed by atoms with Crippen molar-refractivity contribution in [3.63, 3.8) is 0 Å². The van der Waals surface area contributed by atoms with Gasteiger partial charge in [0.25, 0.3) is 0 Å². The summed E-state index contributed by atoms with van der Waals surface area (Å²) in [4.78, 5) is 0. The Bertz CT molecular complexity index is 394. The van der Waals surface area contributed by atoms with Gasteiger partial charge in [-0.05, 0) is 30.6 Å². The molecule has 0 spiro atoms. The smallest absolute Gasteiger partial charge is 0.0129 e. The number of hydrogen-bond donors (Lipinski definition) is 1. The maximum absolute atomic E-state index is 6.02. The van der Waals surface area contributed by atoms with Crippen LogP contribution in [0.4, 0.5) is 0 Å². The highest BCUT2D eigenvalue weighted by molar-refractivity contribution is 5.45. The minimum atomic E-state index is 0.443. The highest BCUT2D eigenvalue weighted by Crippen LogP contribution is 2.43. The molecular formula is C14H17N. The van der Waals surface area contributed by atoms with Crippen molar-refractivity contribution in [2.24, 2.45) is 17.6 Å². The first-order valence-corrected chi connectivity index (χ1v) is 5.40. The third-order valence-corrected chi connectivity index (χ3v) is 3.23. The molecule has 78 valence electrons. The fraction of sp³-hybridized carbons (Fsp3) is 0.286. The molecule has 0 saturated carbocycles. The zero-order valence-corrected chi connectivity index (χ0v) is 9.11. The van der Waals surface area contributed by atoms with Gasteiger partial charge in [-0.3, -0.25) is 0 Å². The summed E-state index contributed by atoms with van der Waals surface area (Å²) < 4.78 is 0. The van der Waals surface area contributed by atoms with Gasteiger partial charge in [0.15, 0.2) is 0 Å². The zero-order valence-electron chi connectivity index (χ0n) is 9.11. The minimum absolute atomic E-state index is 0.443. The first-order valence-electron chi connectivity index (χ1n) is 5.40. The van der Waals surface area contributed by atoms with E-state index in [-0.39, 0.29) is 0 Å². The van der Waals surface area contributed by atoms with Crippen LogP contribution in [0.5, 0.6) is 0 Å². The minimum Gasteiger partial charge on any atom is -0.402 e. The molecule has 2 aliphatic rings. The molecule has 2 rings (SSSR count). The summed E-state index contributed by atoms with van der Waals surface area (Å²) in [5, 5.41) is 0. The molecule has 0 aromatic heterocycles. The lowest BCUT2D eigenvalue weighted by molar-refractivity contribution is 0.542. The Hall–Kier alpha value is -1.50. The summed E-state index contributed by atoms with van der Waals surface area (Å²) in [5.41, 5.74) is 9.74. The van der Waals surface area contributed by atoms with Crippen LogP contribution in [0.25, 0.3) is 0 Å². The van der Waals surface area contributed by atoms with Crippen LogP contribution < -0.4 is 5.73 Å². The van der Waals surface area contributed by atoms with Crippen LogP contribution in [-0.2, 0) is 0 Å². The Morgan fingerprint density at radius 1 is 1.53 bits per heavy atom. The molecule has 0 aliphatic heterocycles. The monoisotopic (exact) mass is 199 g/mol. The van der Waals surface area contributed by atoms with Gasteiger partial charge in [-0.25, -0.2) is 0 Å². The van der Waals surface area contributed by atoms with E-state index in [4.69, 9.17) is 5.73 Å². The molecule has 2 aliphatic carbocycles. The van der Waals surface area contributed by atoms with Crippen LogP contribution in [0.1, 0.15) is 13.3 Å². The van der Waals surface area contributed by atoms with Gasteiger partial charge in [0.1, 0.15) is 0 Å². The zero-order chi connectivity index (χ0) is 10.8. The largest absolute Gasteiger partial charge is 0.402 e. The van der Waals surface area contributed by atoms with Crippen molar-refractivity contribution in [3.8, 4) is 0 Å². The van der Waals surface area contributed by atoms with E-state index in [1.807, 2.05) is 19.1 Å². The summed E-state index contributed by atoms with van der Waals surface area (Å²) in [6, 6.07) is 0. The number of nitrogens with two attached hydrogens (primary N) is 1. The topological polar surface area (TPSA) is 26.0 Å². The van der Waals surface area contributed by atoms with Crippen LogP contribution in [0.2, 0.25) is 0 Å². The molecular weight excluding hydrogens is 182 g/mol. The summed E-state index contributed by atoms with van der Waals surface area (Å²) in [6.45, 7) is 5.95. The second-order valence-electron chi connectivity index (χ2n) is 4.07. The van der Waals surface area contributed by atoms with Crippen molar-refractivity contribution in [1.82, 2.24) is 0 Å². The molecule has 1 nitrogen and oxygen atoms in total. The van der Waals surface area contributed by atoms with Crippen LogP contribution >= 0.6 is 0 Å². The van der Waals surface area contributed by atoms with Crippen molar-refractivity contribution in [2.75, 3.05) is 0 Å². The molecule has 2 atom stereocenters. The number of allylic oxidation sites excluding steroid dienone is 9. The highest BCUT2D eigenvalue weighted by Gasteiger charge is 2.33. The van der Waals surface area contributed by atoms with Crippen molar-refractivity contribution >= 4 is 0 Å². The van der Waals surface area contributed by atoms with E-state index in [9.17, 15) is 0 Å². The van der Waals surface area contributed by atoms with E-state index in [2.05, 4.69) is 30.9 Å². The van der Waals surface area contributed by atoms with Crippen LogP contribution in [0.15, 0.2) is 59.9 Å². The Morgan fingerprint density at radius 2 is 2.33 bits per heavy atom. The highest BCUT2D eigenvalue weighted by atomic mass is 14.6. The van der Waals surface area contributed by atoms with Crippen molar-refractivity contribution in [1.29, 1.82) is 0 Å². The SMILES string of the molecule is C=CC1=C(/C=C\C)CC2C(N)=CC=CC12. The standard InChI is InChI=1S/C14H17N/c1-3-6-10-9-13-12(11(10)4-2)7-5-8-14(13)15/h3-8,12-13H,2,9,15H2,1H3/b6-3-. The molecule has 2 unspecified atom stereocenters. The molecule has 2 N–H and O–H groups in total. The first kappa shape index (κ1) is 10.0. The fourth-order valence-corrected chi connectivity index (χ4v) is 2.52. The van der Waals surface area contributed by atoms with Crippen molar-refractivity contribution in [3.05, 3.63) is 59.9 Å². The average molecular weight is 199 g/mol. The van der Waals surface area contributed by atoms with Crippen molar-refractivity contribution < 1.29 is 0 Å². The first-order chi connectivity index (χ1) is 7.27. The normalized spacial score (nSPS) is 29.5. The predicted octanol–water partition coefficient (Wildman–Crippen LogP) is 3.09. The van der Waals surface area contributed by atoms with Gasteiger partial charge in [0, 0.05) is 17.5 Å². The molecule has 1 heteroatoms. The lowest BCUT2D eigenvalue weighted by Gasteiger charge is -2.21. The van der Waals surface area contributed by atoms with E-state index in [1.54, 1.807) is 0 Å². The van der Waals surface area contributed by atoms with Gasteiger partial charge in [-0.1, -0.05) is 37.0 Å². The van der Waals surface area contributed by atoms with Crippen LogP contribution in [0, 0.1) is 11.8 Å². The second kappa shape index (κ2) is 3.93. The van der Waals surface area contributed by atoms with Gasteiger partial charge in [-0.2, -0.15) is 0 Å². The number of rotatable bonds is 2. The van der Waals surface area contributed by atoms with Crippen LogP contribution in [0.3, 0.4) is 0 Å². The Labute approximate surface area is 91.4 Å². The number of hydrogen-bond acceptors (Lipinski definition) is 1. The third kappa shape index (κ3) is 1.58. The van der Waals surface area contributed by atoms with Gasteiger partial charge in [0.2, 0.25) is 0 Å². The van der Waals surface area contributed by atoms with E-state index in [0.717, 1.165) is 12.1 Å². The average Bonchev–Trinajstić information content (AvgIpc) is 2.58. The molecule has 0 fully saturated rings. The predicted molar refractivity (Wildman–Crippen MR) is 65.0 cm³/mol. The van der Waals surface area contributed by atoms with E-state index >= 15 is 0 Å². The second-order valence-corrected chi connectivity index (χ2v) is 4.07. The molecule has 15 heavy (non-hydrogen) atoms. The molecule has 0 heterocycles. The van der Waals surface area contributed by atoms with Crippen molar-refractivity contribution in [2.45, 2.75) is 13.3 Å². The molecule has 0 aromatic carbocycles.